The second-order valence-corrected chi connectivity index (χ2v) is 5.92. The molecule has 1 aromatic carbocycles. The highest BCUT2D eigenvalue weighted by atomic mass is 16.6. The van der Waals surface area contributed by atoms with Crippen LogP contribution in [-0.4, -0.2) is 57.8 Å². The van der Waals surface area contributed by atoms with Crippen LogP contribution in [0, 0.1) is 0 Å². The van der Waals surface area contributed by atoms with Gasteiger partial charge in [0.05, 0.1) is 12.7 Å². The maximum Gasteiger partial charge on any atom is 0.351 e. The summed E-state index contributed by atoms with van der Waals surface area (Å²) in [5.41, 5.74) is 4.98. The molecule has 0 aliphatic carbocycles. The van der Waals surface area contributed by atoms with Crippen molar-refractivity contribution < 1.29 is 29.2 Å². The smallest absolute Gasteiger partial charge is 0.351 e. The van der Waals surface area contributed by atoms with Gasteiger partial charge in [-0.2, -0.15) is 4.98 Å². The van der Waals surface area contributed by atoms with Crippen LogP contribution in [0.4, 0.5) is 5.82 Å². The molecule has 4 atom stereocenters. The normalized spacial score (nSPS) is 24.6. The summed E-state index contributed by atoms with van der Waals surface area (Å²) in [7, 11) is 1.51. The summed E-state index contributed by atoms with van der Waals surface area (Å²) in [6.07, 6.45) is -3.65. The Labute approximate surface area is 153 Å². The number of hydrogen-bond donors (Lipinski definition) is 3. The van der Waals surface area contributed by atoms with Crippen LogP contribution in [0.25, 0.3) is 0 Å². The molecule has 10 heteroatoms. The summed E-state index contributed by atoms with van der Waals surface area (Å²) in [6, 6.07) is 7.64. The Hall–Kier alpha value is -2.95. The standard InChI is InChI=1S/C17H19N3O7/c1-25-10-4-2-9(3-5-10)16(23)26-8-11-13(21)14(22)15(27-11)20-7-6-12(18)19-17(20)24/h2-7,11,13-15,21-22H,8H2,1H3,(H2,18,19,24)/t11-,13-,14-,15-/m0/s1. The summed E-state index contributed by atoms with van der Waals surface area (Å²) in [5, 5.41) is 20.3. The molecule has 0 bridgehead atoms. The van der Waals surface area contributed by atoms with E-state index < -0.39 is 36.2 Å². The highest BCUT2D eigenvalue weighted by Gasteiger charge is 2.44. The van der Waals surface area contributed by atoms with Crippen LogP contribution in [-0.2, 0) is 9.47 Å². The SMILES string of the molecule is COc1ccc(C(=O)OC[C@@H]2O[C@H](n3ccc(N)nc3=O)[C@@H](O)[C@H]2O)cc1. The van der Waals surface area contributed by atoms with Gasteiger partial charge in [-0.15, -0.1) is 0 Å². The lowest BCUT2D eigenvalue weighted by molar-refractivity contribution is -0.0598. The Morgan fingerprint density at radius 3 is 2.59 bits per heavy atom. The van der Waals surface area contributed by atoms with Crippen molar-refractivity contribution in [3.8, 4) is 5.75 Å². The zero-order valence-corrected chi connectivity index (χ0v) is 14.4. The Morgan fingerprint density at radius 2 is 1.96 bits per heavy atom. The van der Waals surface area contributed by atoms with E-state index >= 15 is 0 Å². The minimum atomic E-state index is -1.40. The first kappa shape index (κ1) is 18.8. The first-order valence-electron chi connectivity index (χ1n) is 8.08. The number of benzene rings is 1. The van der Waals surface area contributed by atoms with Crippen molar-refractivity contribution in [2.45, 2.75) is 24.5 Å². The van der Waals surface area contributed by atoms with E-state index in [0.717, 1.165) is 4.57 Å². The van der Waals surface area contributed by atoms with Gasteiger partial charge in [0, 0.05) is 6.20 Å². The lowest BCUT2D eigenvalue weighted by Gasteiger charge is -2.16. The van der Waals surface area contributed by atoms with Gasteiger partial charge in [-0.25, -0.2) is 9.59 Å². The van der Waals surface area contributed by atoms with Crippen molar-refractivity contribution in [1.82, 2.24) is 9.55 Å². The third-order valence-electron chi connectivity index (χ3n) is 4.17. The number of aliphatic hydroxyl groups excluding tert-OH is 2. The van der Waals surface area contributed by atoms with Crippen LogP contribution in [0.3, 0.4) is 0 Å². The molecular formula is C17H19N3O7. The van der Waals surface area contributed by atoms with Crippen LogP contribution in [0.1, 0.15) is 16.6 Å². The second kappa shape index (κ2) is 7.74. The van der Waals surface area contributed by atoms with Crippen molar-refractivity contribution in [3.05, 3.63) is 52.6 Å². The van der Waals surface area contributed by atoms with Gasteiger partial charge in [-0.3, -0.25) is 4.57 Å². The molecule has 2 heterocycles. The van der Waals surface area contributed by atoms with Crippen LogP contribution in [0.15, 0.2) is 41.3 Å². The van der Waals surface area contributed by atoms with Crippen LogP contribution < -0.4 is 16.2 Å². The fourth-order valence-corrected chi connectivity index (χ4v) is 2.68. The molecule has 1 aliphatic rings. The van der Waals surface area contributed by atoms with Crippen LogP contribution in [0.5, 0.6) is 5.75 Å². The number of nitrogen functional groups attached to an aromatic ring is 1. The molecule has 0 saturated carbocycles. The number of carbonyl (C=O) groups is 1. The molecule has 1 saturated heterocycles. The number of nitrogens with zero attached hydrogens (tertiary/aromatic N) is 2. The third-order valence-corrected chi connectivity index (χ3v) is 4.17. The van der Waals surface area contributed by atoms with Gasteiger partial charge < -0.3 is 30.2 Å². The van der Waals surface area contributed by atoms with E-state index in [0.29, 0.717) is 11.3 Å². The fourth-order valence-electron chi connectivity index (χ4n) is 2.68. The predicted molar refractivity (Wildman–Crippen MR) is 92.1 cm³/mol. The highest BCUT2D eigenvalue weighted by Crippen LogP contribution is 2.28. The van der Waals surface area contributed by atoms with Gasteiger partial charge in [0.25, 0.3) is 0 Å². The molecule has 4 N–H and O–H groups in total. The summed E-state index contributed by atoms with van der Waals surface area (Å²) in [5.74, 6) is -0.0124. The van der Waals surface area contributed by atoms with Crippen molar-refractivity contribution in [1.29, 1.82) is 0 Å². The largest absolute Gasteiger partial charge is 0.497 e. The topological polar surface area (TPSA) is 146 Å². The molecule has 0 amide bonds. The van der Waals surface area contributed by atoms with Crippen molar-refractivity contribution in [3.63, 3.8) is 0 Å². The van der Waals surface area contributed by atoms with E-state index in [4.69, 9.17) is 19.9 Å². The Bertz CT molecular complexity index is 868. The van der Waals surface area contributed by atoms with E-state index in [1.54, 1.807) is 12.1 Å². The number of aromatic nitrogens is 2. The third kappa shape index (κ3) is 3.92. The summed E-state index contributed by atoms with van der Waals surface area (Å²) < 4.78 is 16.7. The molecule has 1 aromatic heterocycles. The number of methoxy groups -OCH3 is 1. The van der Waals surface area contributed by atoms with Gasteiger partial charge >= 0.3 is 11.7 Å². The predicted octanol–water partition coefficient (Wildman–Crippen LogP) is -0.690. The van der Waals surface area contributed by atoms with Gasteiger partial charge in [0.15, 0.2) is 6.23 Å². The number of ether oxygens (including phenoxy) is 3. The number of carbonyl (C=O) groups excluding carboxylic acids is 1. The van der Waals surface area contributed by atoms with E-state index in [2.05, 4.69) is 4.98 Å². The lowest BCUT2D eigenvalue weighted by atomic mass is 10.1. The van der Waals surface area contributed by atoms with E-state index in [-0.39, 0.29) is 12.4 Å². The van der Waals surface area contributed by atoms with E-state index in [1.807, 2.05) is 0 Å². The number of aliphatic hydroxyl groups is 2. The molecule has 0 radical (unpaired) electrons. The summed E-state index contributed by atoms with van der Waals surface area (Å²) in [4.78, 5) is 27.5. The van der Waals surface area contributed by atoms with E-state index in [9.17, 15) is 19.8 Å². The zero-order chi connectivity index (χ0) is 19.6. The zero-order valence-electron chi connectivity index (χ0n) is 14.4. The van der Waals surface area contributed by atoms with Gasteiger partial charge in [0.1, 0.15) is 36.5 Å². The number of esters is 1. The van der Waals surface area contributed by atoms with Gasteiger partial charge in [0.2, 0.25) is 0 Å². The summed E-state index contributed by atoms with van der Waals surface area (Å²) in [6.45, 7) is -0.309. The maximum absolute atomic E-state index is 12.1. The van der Waals surface area contributed by atoms with Crippen LogP contribution >= 0.6 is 0 Å². The number of hydrogen-bond acceptors (Lipinski definition) is 9. The molecule has 3 rings (SSSR count). The molecule has 2 aromatic rings. The Kier molecular flexibility index (Phi) is 5.40. The average molecular weight is 377 g/mol. The summed E-state index contributed by atoms with van der Waals surface area (Å²) >= 11 is 0. The van der Waals surface area contributed by atoms with Gasteiger partial charge in [-0.05, 0) is 30.3 Å². The molecule has 10 nitrogen and oxygen atoms in total. The minimum Gasteiger partial charge on any atom is -0.497 e. The monoisotopic (exact) mass is 377 g/mol. The maximum atomic E-state index is 12.1. The first-order valence-corrected chi connectivity index (χ1v) is 8.08. The molecule has 0 unspecified atom stereocenters. The molecule has 27 heavy (non-hydrogen) atoms. The van der Waals surface area contributed by atoms with Crippen LogP contribution in [0.2, 0.25) is 0 Å². The first-order chi connectivity index (χ1) is 12.9. The van der Waals surface area contributed by atoms with Crippen molar-refractivity contribution >= 4 is 11.8 Å². The van der Waals surface area contributed by atoms with Crippen molar-refractivity contribution in [2.24, 2.45) is 0 Å². The minimum absolute atomic E-state index is 0.0225. The lowest BCUT2D eigenvalue weighted by Crippen LogP contribution is -2.36. The molecule has 0 spiro atoms. The number of nitrogens with two attached hydrogens (primary N) is 1. The van der Waals surface area contributed by atoms with Crippen molar-refractivity contribution in [2.75, 3.05) is 19.5 Å². The Balaban J connectivity index is 1.65. The molecule has 1 aliphatic heterocycles. The van der Waals surface area contributed by atoms with E-state index in [1.165, 1.54) is 31.5 Å². The average Bonchev–Trinajstić information content (AvgIpc) is 2.94. The highest BCUT2D eigenvalue weighted by molar-refractivity contribution is 5.89. The molecule has 1 fully saturated rings. The molecule has 144 valence electrons. The number of anilines is 1. The van der Waals surface area contributed by atoms with Gasteiger partial charge in [-0.1, -0.05) is 0 Å². The Morgan fingerprint density at radius 1 is 1.26 bits per heavy atom. The quantitative estimate of drug-likeness (QED) is 0.576. The number of rotatable bonds is 5. The fraction of sp³-hybridized carbons (Fsp3) is 0.353. The molecular weight excluding hydrogens is 358 g/mol. The second-order valence-electron chi connectivity index (χ2n) is 5.92.